The average molecular weight is 325 g/mol. The first-order valence-corrected chi connectivity index (χ1v) is 7.87. The van der Waals surface area contributed by atoms with Gasteiger partial charge in [0.1, 0.15) is 11.6 Å². The number of anilines is 1. The van der Waals surface area contributed by atoms with Crippen molar-refractivity contribution < 1.29 is 14.3 Å². The smallest absolute Gasteiger partial charge is 0.308 e. The number of esters is 1. The molecule has 0 spiro atoms. The number of pyridine rings is 1. The van der Waals surface area contributed by atoms with Crippen molar-refractivity contribution in [3.05, 3.63) is 54.2 Å². The molecule has 0 aliphatic carbocycles. The van der Waals surface area contributed by atoms with Crippen LogP contribution in [-0.2, 0) is 4.79 Å². The van der Waals surface area contributed by atoms with Gasteiger partial charge in [0.05, 0.1) is 0 Å². The highest BCUT2D eigenvalue weighted by Gasteiger charge is 2.24. The SMILES string of the molecule is CC(=O)Oc1ccc(C(=O)NC2CCN(c3ccccn3)C2)cc1. The topological polar surface area (TPSA) is 71.5 Å². The number of hydrogen-bond acceptors (Lipinski definition) is 5. The number of aromatic nitrogens is 1. The van der Waals surface area contributed by atoms with E-state index in [-0.39, 0.29) is 17.9 Å². The van der Waals surface area contributed by atoms with Crippen LogP contribution < -0.4 is 15.0 Å². The third kappa shape index (κ3) is 3.90. The van der Waals surface area contributed by atoms with Crippen LogP contribution in [0.3, 0.4) is 0 Å². The van der Waals surface area contributed by atoms with Crippen molar-refractivity contribution in [2.24, 2.45) is 0 Å². The number of amides is 1. The molecule has 1 atom stereocenters. The standard InChI is InChI=1S/C18H19N3O3/c1-13(22)24-16-7-5-14(6-8-16)18(23)20-15-9-11-21(12-15)17-4-2-3-10-19-17/h2-8,10,15H,9,11-12H2,1H3,(H,20,23). The molecule has 1 aromatic heterocycles. The Morgan fingerprint density at radius 1 is 1.21 bits per heavy atom. The summed E-state index contributed by atoms with van der Waals surface area (Å²) in [6.45, 7) is 2.95. The molecule has 1 unspecified atom stereocenters. The summed E-state index contributed by atoms with van der Waals surface area (Å²) in [6, 6.07) is 12.4. The fraction of sp³-hybridized carbons (Fsp3) is 0.278. The highest BCUT2D eigenvalue weighted by atomic mass is 16.5. The fourth-order valence-corrected chi connectivity index (χ4v) is 2.74. The predicted octanol–water partition coefficient (Wildman–Crippen LogP) is 2.02. The molecular weight excluding hydrogens is 306 g/mol. The lowest BCUT2D eigenvalue weighted by molar-refractivity contribution is -0.131. The van der Waals surface area contributed by atoms with Crippen molar-refractivity contribution in [1.82, 2.24) is 10.3 Å². The van der Waals surface area contributed by atoms with E-state index >= 15 is 0 Å². The summed E-state index contributed by atoms with van der Waals surface area (Å²) >= 11 is 0. The molecule has 1 fully saturated rings. The number of rotatable bonds is 4. The zero-order valence-corrected chi connectivity index (χ0v) is 13.4. The molecule has 1 aliphatic heterocycles. The molecule has 1 aromatic carbocycles. The lowest BCUT2D eigenvalue weighted by Crippen LogP contribution is -2.37. The van der Waals surface area contributed by atoms with E-state index in [0.717, 1.165) is 25.3 Å². The molecule has 0 bridgehead atoms. The van der Waals surface area contributed by atoms with Crippen LogP contribution in [0.25, 0.3) is 0 Å². The maximum Gasteiger partial charge on any atom is 0.308 e. The van der Waals surface area contributed by atoms with Gasteiger partial charge in [0.25, 0.3) is 5.91 Å². The molecule has 1 N–H and O–H groups in total. The van der Waals surface area contributed by atoms with Crippen LogP contribution >= 0.6 is 0 Å². The second-order valence-electron chi connectivity index (χ2n) is 5.71. The lowest BCUT2D eigenvalue weighted by Gasteiger charge is -2.17. The van der Waals surface area contributed by atoms with E-state index in [4.69, 9.17) is 4.74 Å². The Morgan fingerprint density at radius 2 is 2.00 bits per heavy atom. The minimum atomic E-state index is -0.382. The molecule has 0 saturated carbocycles. The van der Waals surface area contributed by atoms with Gasteiger partial charge in [-0.1, -0.05) is 6.07 Å². The van der Waals surface area contributed by atoms with Gasteiger partial charge in [0, 0.05) is 37.8 Å². The Bertz CT molecular complexity index is 716. The molecule has 24 heavy (non-hydrogen) atoms. The molecular formula is C18H19N3O3. The summed E-state index contributed by atoms with van der Waals surface area (Å²) in [6.07, 6.45) is 2.65. The molecule has 1 saturated heterocycles. The molecule has 124 valence electrons. The second kappa shape index (κ2) is 7.12. The summed E-state index contributed by atoms with van der Waals surface area (Å²) in [5.74, 6) is 0.853. The number of hydrogen-bond donors (Lipinski definition) is 1. The van der Waals surface area contributed by atoms with Gasteiger partial charge in [0.2, 0.25) is 0 Å². The van der Waals surface area contributed by atoms with Crippen molar-refractivity contribution in [1.29, 1.82) is 0 Å². The third-order valence-corrected chi connectivity index (χ3v) is 3.87. The molecule has 6 heteroatoms. The largest absolute Gasteiger partial charge is 0.427 e. The summed E-state index contributed by atoms with van der Waals surface area (Å²) in [7, 11) is 0. The molecule has 3 rings (SSSR count). The van der Waals surface area contributed by atoms with Gasteiger partial charge >= 0.3 is 5.97 Å². The Labute approximate surface area is 140 Å². The average Bonchev–Trinajstić information content (AvgIpc) is 3.04. The summed E-state index contributed by atoms with van der Waals surface area (Å²) in [5, 5.41) is 3.04. The number of carbonyl (C=O) groups is 2. The van der Waals surface area contributed by atoms with Gasteiger partial charge in [-0.05, 0) is 42.8 Å². The van der Waals surface area contributed by atoms with E-state index in [1.807, 2.05) is 18.2 Å². The van der Waals surface area contributed by atoms with Crippen molar-refractivity contribution in [3.63, 3.8) is 0 Å². The number of carbonyl (C=O) groups excluding carboxylic acids is 2. The first kappa shape index (κ1) is 16.0. The minimum Gasteiger partial charge on any atom is -0.427 e. The minimum absolute atomic E-state index is 0.0904. The van der Waals surface area contributed by atoms with E-state index in [0.29, 0.717) is 11.3 Å². The van der Waals surface area contributed by atoms with Crippen LogP contribution in [0.1, 0.15) is 23.7 Å². The maximum atomic E-state index is 12.3. The molecule has 0 radical (unpaired) electrons. The second-order valence-corrected chi connectivity index (χ2v) is 5.71. The predicted molar refractivity (Wildman–Crippen MR) is 90.1 cm³/mol. The normalized spacial score (nSPS) is 16.7. The summed E-state index contributed by atoms with van der Waals surface area (Å²) < 4.78 is 4.96. The van der Waals surface area contributed by atoms with Crippen LogP contribution in [0.4, 0.5) is 5.82 Å². The summed E-state index contributed by atoms with van der Waals surface area (Å²) in [5.41, 5.74) is 0.544. The first-order valence-electron chi connectivity index (χ1n) is 7.87. The lowest BCUT2D eigenvalue weighted by atomic mass is 10.2. The van der Waals surface area contributed by atoms with Crippen molar-refractivity contribution in [2.75, 3.05) is 18.0 Å². The highest BCUT2D eigenvalue weighted by molar-refractivity contribution is 5.94. The number of nitrogens with one attached hydrogen (secondary N) is 1. The van der Waals surface area contributed by atoms with Crippen LogP contribution in [0.5, 0.6) is 5.75 Å². The van der Waals surface area contributed by atoms with Gasteiger partial charge in [-0.15, -0.1) is 0 Å². The zero-order valence-electron chi connectivity index (χ0n) is 13.4. The molecule has 2 heterocycles. The Hall–Kier alpha value is -2.89. The van der Waals surface area contributed by atoms with Gasteiger partial charge in [-0.25, -0.2) is 4.98 Å². The van der Waals surface area contributed by atoms with Gasteiger partial charge in [-0.2, -0.15) is 0 Å². The quantitative estimate of drug-likeness (QED) is 0.688. The molecule has 1 aliphatic rings. The molecule has 2 aromatic rings. The Kier molecular flexibility index (Phi) is 4.74. The Morgan fingerprint density at radius 3 is 2.67 bits per heavy atom. The van der Waals surface area contributed by atoms with Crippen molar-refractivity contribution >= 4 is 17.7 Å². The Balaban J connectivity index is 1.56. The maximum absolute atomic E-state index is 12.3. The van der Waals surface area contributed by atoms with E-state index in [1.165, 1.54) is 6.92 Å². The number of nitrogens with zero attached hydrogens (tertiary/aromatic N) is 2. The van der Waals surface area contributed by atoms with Crippen LogP contribution in [0.2, 0.25) is 0 Å². The van der Waals surface area contributed by atoms with Gasteiger partial charge in [-0.3, -0.25) is 9.59 Å². The molecule has 6 nitrogen and oxygen atoms in total. The number of ether oxygens (including phenoxy) is 1. The van der Waals surface area contributed by atoms with Crippen LogP contribution in [0.15, 0.2) is 48.7 Å². The first-order chi connectivity index (χ1) is 11.6. The third-order valence-electron chi connectivity index (χ3n) is 3.87. The monoisotopic (exact) mass is 325 g/mol. The van der Waals surface area contributed by atoms with Crippen LogP contribution in [-0.4, -0.2) is 36.0 Å². The summed E-state index contributed by atoms with van der Waals surface area (Å²) in [4.78, 5) is 29.7. The van der Waals surface area contributed by atoms with Crippen LogP contribution in [0, 0.1) is 0 Å². The zero-order chi connectivity index (χ0) is 16.9. The van der Waals surface area contributed by atoms with E-state index in [1.54, 1.807) is 30.5 Å². The van der Waals surface area contributed by atoms with Gasteiger partial charge in [0.15, 0.2) is 0 Å². The van der Waals surface area contributed by atoms with Gasteiger partial charge < -0.3 is 15.0 Å². The van der Waals surface area contributed by atoms with E-state index in [2.05, 4.69) is 15.2 Å². The van der Waals surface area contributed by atoms with Crippen molar-refractivity contribution in [3.8, 4) is 5.75 Å². The van der Waals surface area contributed by atoms with Crippen molar-refractivity contribution in [2.45, 2.75) is 19.4 Å². The number of benzene rings is 1. The fourth-order valence-electron chi connectivity index (χ4n) is 2.74. The van der Waals surface area contributed by atoms with E-state index in [9.17, 15) is 9.59 Å². The molecule has 1 amide bonds. The van der Waals surface area contributed by atoms with E-state index < -0.39 is 0 Å². The highest BCUT2D eigenvalue weighted by Crippen LogP contribution is 2.18.